The van der Waals surface area contributed by atoms with Crippen LogP contribution in [0.25, 0.3) is 11.0 Å². The third-order valence-corrected chi connectivity index (χ3v) is 6.54. The predicted molar refractivity (Wildman–Crippen MR) is 136 cm³/mol. The highest BCUT2D eigenvalue weighted by Crippen LogP contribution is 2.41. The number of carbonyl (C=O) groups is 2. The first kappa shape index (κ1) is 35.5. The highest BCUT2D eigenvalue weighted by Gasteiger charge is 2.57. The smallest absolute Gasteiger partial charge is 0.352 e. The summed E-state index contributed by atoms with van der Waals surface area (Å²) in [5, 5.41) is 7.85. The van der Waals surface area contributed by atoms with Gasteiger partial charge in [-0.15, -0.1) is 0 Å². The van der Waals surface area contributed by atoms with E-state index in [2.05, 4.69) is 20.4 Å². The first-order chi connectivity index (χ1) is 20.7. The Morgan fingerprint density at radius 1 is 0.911 bits per heavy atom. The molecule has 0 unspecified atom stereocenters. The molecule has 1 aliphatic rings. The third kappa shape index (κ3) is 11.2. The van der Waals surface area contributed by atoms with Crippen LogP contribution in [0.15, 0.2) is 30.5 Å². The number of rotatable bonds is 8. The monoisotopic (exact) mass is 664 g/mol. The highest BCUT2D eigenvalue weighted by atomic mass is 19.4. The zero-order valence-electron chi connectivity index (χ0n) is 23.1. The molecule has 0 spiro atoms. The summed E-state index contributed by atoms with van der Waals surface area (Å²) in [4.78, 5) is 30.9. The van der Waals surface area contributed by atoms with Crippen LogP contribution in [0.3, 0.4) is 0 Å². The lowest BCUT2D eigenvalue weighted by atomic mass is 9.97. The first-order valence-electron chi connectivity index (χ1n) is 13.4. The third-order valence-electron chi connectivity index (χ3n) is 6.54. The SMILES string of the molecule is FC1(F)CCCCC1.O=C(CC(C(F)(F)F)C(F)(F)F)NCc1ccc2nc(CNC(=O)c3ccnn3CC(F)(F)F)[nH]c2c1. The van der Waals surface area contributed by atoms with Crippen LogP contribution in [0.2, 0.25) is 0 Å². The summed E-state index contributed by atoms with van der Waals surface area (Å²) in [6, 6.07) is 5.40. The van der Waals surface area contributed by atoms with Crippen LogP contribution in [0, 0.1) is 5.92 Å². The number of aromatic amines is 1. The Labute approximate surface area is 247 Å². The van der Waals surface area contributed by atoms with E-state index in [1.165, 1.54) is 18.2 Å². The maximum Gasteiger partial charge on any atom is 0.408 e. The van der Waals surface area contributed by atoms with Gasteiger partial charge in [0.2, 0.25) is 11.8 Å². The van der Waals surface area contributed by atoms with E-state index in [4.69, 9.17) is 0 Å². The number of aromatic nitrogens is 4. The van der Waals surface area contributed by atoms with Crippen molar-refractivity contribution in [2.24, 2.45) is 5.92 Å². The average molecular weight is 665 g/mol. The average Bonchev–Trinajstić information content (AvgIpc) is 3.53. The van der Waals surface area contributed by atoms with Gasteiger partial charge < -0.3 is 15.6 Å². The van der Waals surface area contributed by atoms with Crippen LogP contribution < -0.4 is 10.6 Å². The van der Waals surface area contributed by atoms with Gasteiger partial charge in [0.15, 0.2) is 5.92 Å². The van der Waals surface area contributed by atoms with E-state index in [0.29, 0.717) is 34.1 Å². The number of fused-ring (bicyclic) bond motifs is 1. The number of H-pyrrole nitrogens is 1. The molecule has 250 valence electrons. The van der Waals surface area contributed by atoms with Crippen LogP contribution in [0.5, 0.6) is 0 Å². The van der Waals surface area contributed by atoms with Crippen LogP contribution in [0.1, 0.15) is 60.4 Å². The molecule has 4 rings (SSSR count). The van der Waals surface area contributed by atoms with Crippen molar-refractivity contribution in [3.8, 4) is 0 Å². The molecule has 0 saturated heterocycles. The number of halogens is 11. The Morgan fingerprint density at radius 2 is 1.56 bits per heavy atom. The molecule has 0 aliphatic heterocycles. The van der Waals surface area contributed by atoms with E-state index < -0.39 is 55.1 Å². The molecule has 0 atom stereocenters. The van der Waals surface area contributed by atoms with Crippen LogP contribution in [-0.4, -0.2) is 56.0 Å². The minimum atomic E-state index is -5.63. The van der Waals surface area contributed by atoms with Crippen molar-refractivity contribution in [3.63, 3.8) is 0 Å². The predicted octanol–water partition coefficient (Wildman–Crippen LogP) is 6.58. The number of carbonyl (C=O) groups excluding carboxylic acids is 2. The first-order valence-corrected chi connectivity index (χ1v) is 13.4. The van der Waals surface area contributed by atoms with Gasteiger partial charge in [0.1, 0.15) is 18.1 Å². The molecule has 8 nitrogen and oxygen atoms in total. The second kappa shape index (κ2) is 14.0. The number of alkyl halides is 11. The Morgan fingerprint density at radius 3 is 2.11 bits per heavy atom. The van der Waals surface area contributed by atoms with Crippen molar-refractivity contribution in [2.75, 3.05) is 0 Å². The molecule has 2 heterocycles. The van der Waals surface area contributed by atoms with Gasteiger partial charge in [-0.3, -0.25) is 14.3 Å². The van der Waals surface area contributed by atoms with Crippen molar-refractivity contribution in [2.45, 2.75) is 82.6 Å². The molecule has 0 bridgehead atoms. The minimum Gasteiger partial charge on any atom is -0.352 e. The van der Waals surface area contributed by atoms with Crippen molar-refractivity contribution in [3.05, 3.63) is 47.5 Å². The second-order valence-corrected chi connectivity index (χ2v) is 10.2. The molecule has 19 heteroatoms. The fraction of sp³-hybridized carbons (Fsp3) is 0.538. The largest absolute Gasteiger partial charge is 0.408 e. The lowest BCUT2D eigenvalue weighted by molar-refractivity contribution is -0.284. The van der Waals surface area contributed by atoms with E-state index in [-0.39, 0.29) is 37.4 Å². The summed E-state index contributed by atoms with van der Waals surface area (Å²) in [5.41, 5.74) is 0.730. The van der Waals surface area contributed by atoms with E-state index in [1.54, 1.807) is 0 Å². The van der Waals surface area contributed by atoms with Gasteiger partial charge in [-0.25, -0.2) is 13.8 Å². The maximum atomic E-state index is 12.6. The summed E-state index contributed by atoms with van der Waals surface area (Å²) < 4.78 is 138. The fourth-order valence-electron chi connectivity index (χ4n) is 4.32. The Kier molecular flexibility index (Phi) is 11.1. The van der Waals surface area contributed by atoms with Gasteiger partial charge in [-0.05, 0) is 36.6 Å². The molecule has 2 amide bonds. The van der Waals surface area contributed by atoms with Gasteiger partial charge in [0.05, 0.1) is 17.6 Å². The standard InChI is InChI=1S/C20H17F9N6O2.C6H10F2/c21-18(22,23)9-35-13(3-4-32-35)17(37)31-8-15-33-11-2-1-10(5-12(11)34-15)7-30-16(36)6-14(19(24,25)26)20(27,28)29;7-6(8)4-2-1-3-5-6/h1-5,14H,6-9H2,(H,30,36)(H,31,37)(H,33,34);1-5H2. The number of amides is 2. The second-order valence-electron chi connectivity index (χ2n) is 10.2. The van der Waals surface area contributed by atoms with E-state index in [0.717, 1.165) is 18.7 Å². The Hall–Kier alpha value is -3.93. The van der Waals surface area contributed by atoms with Gasteiger partial charge in [-0.2, -0.15) is 44.6 Å². The normalized spacial score (nSPS) is 15.5. The molecule has 1 saturated carbocycles. The van der Waals surface area contributed by atoms with Crippen molar-refractivity contribution in [1.82, 2.24) is 30.4 Å². The number of nitrogens with zero attached hydrogens (tertiary/aromatic N) is 3. The molecule has 1 aliphatic carbocycles. The number of nitrogens with one attached hydrogen (secondary N) is 3. The number of imidazole rings is 1. The van der Waals surface area contributed by atoms with Crippen LogP contribution >= 0.6 is 0 Å². The van der Waals surface area contributed by atoms with Crippen molar-refractivity contribution < 1.29 is 57.9 Å². The number of hydrogen-bond donors (Lipinski definition) is 3. The number of hydrogen-bond acceptors (Lipinski definition) is 4. The van der Waals surface area contributed by atoms with Gasteiger partial charge in [0.25, 0.3) is 5.91 Å². The summed E-state index contributed by atoms with van der Waals surface area (Å²) >= 11 is 0. The molecule has 1 aromatic carbocycles. The highest BCUT2D eigenvalue weighted by molar-refractivity contribution is 5.92. The van der Waals surface area contributed by atoms with E-state index in [1.807, 2.05) is 5.32 Å². The zero-order valence-corrected chi connectivity index (χ0v) is 23.1. The topological polar surface area (TPSA) is 105 Å². The van der Waals surface area contributed by atoms with Gasteiger partial charge in [0, 0.05) is 32.0 Å². The van der Waals surface area contributed by atoms with Crippen molar-refractivity contribution >= 4 is 22.8 Å². The lowest BCUT2D eigenvalue weighted by Gasteiger charge is -2.22. The summed E-state index contributed by atoms with van der Waals surface area (Å²) in [7, 11) is 0. The van der Waals surface area contributed by atoms with Crippen LogP contribution in [-0.2, 0) is 24.4 Å². The molecule has 1 fully saturated rings. The summed E-state index contributed by atoms with van der Waals surface area (Å²) in [6.45, 7) is -2.04. The molecule has 3 aromatic rings. The van der Waals surface area contributed by atoms with E-state index in [9.17, 15) is 57.9 Å². The molecule has 3 N–H and O–H groups in total. The summed E-state index contributed by atoms with van der Waals surface area (Å²) in [5.74, 6) is -8.21. The van der Waals surface area contributed by atoms with Crippen molar-refractivity contribution in [1.29, 1.82) is 0 Å². The zero-order chi connectivity index (χ0) is 33.6. The minimum absolute atomic E-state index is 0.118. The quantitative estimate of drug-likeness (QED) is 0.237. The van der Waals surface area contributed by atoms with Gasteiger partial charge >= 0.3 is 18.5 Å². The molecule has 2 aromatic heterocycles. The fourth-order valence-corrected chi connectivity index (χ4v) is 4.32. The van der Waals surface area contributed by atoms with E-state index >= 15 is 0 Å². The molecule has 45 heavy (non-hydrogen) atoms. The maximum absolute atomic E-state index is 12.6. The Bertz CT molecular complexity index is 1420. The van der Waals surface area contributed by atoms with Gasteiger partial charge in [-0.1, -0.05) is 12.5 Å². The number of benzene rings is 1. The lowest BCUT2D eigenvalue weighted by Crippen LogP contribution is -2.40. The van der Waals surface area contributed by atoms with Crippen LogP contribution in [0.4, 0.5) is 48.3 Å². The summed E-state index contributed by atoms with van der Waals surface area (Å²) in [6.07, 6.45) is -14.0. The molecular weight excluding hydrogens is 637 g/mol. The molecular formula is C26H27F11N6O2. The molecule has 0 radical (unpaired) electrons. The Balaban J connectivity index is 0.000000598.